The van der Waals surface area contributed by atoms with Gasteiger partial charge in [0.1, 0.15) is 0 Å². The predicted molar refractivity (Wildman–Crippen MR) is 100 cm³/mol. The molecule has 1 aliphatic rings. The Balaban J connectivity index is 1.53. The summed E-state index contributed by atoms with van der Waals surface area (Å²) in [6.45, 7) is 1.38. The van der Waals surface area contributed by atoms with Crippen LogP contribution in [0.1, 0.15) is 34.8 Å². The fourth-order valence-electron chi connectivity index (χ4n) is 3.57. The van der Waals surface area contributed by atoms with Crippen LogP contribution < -0.4 is 4.74 Å². The standard InChI is InChI=1S/C20H21N5O2/c1-27-20-21-10-16(11-22-20)19(26)25-9-5-8-15(13-25)18-17(12-23-24-18)14-6-3-2-4-7-14/h2-4,6-7,10-12,15H,5,8-9,13H2,1H3,(H,23,24)/t15-/m1/s1. The Kier molecular flexibility index (Phi) is 4.82. The lowest BCUT2D eigenvalue weighted by atomic mass is 9.90. The molecule has 1 aromatic carbocycles. The molecule has 0 unspecified atom stereocenters. The zero-order valence-corrected chi connectivity index (χ0v) is 15.1. The number of amides is 1. The second-order valence-electron chi connectivity index (χ2n) is 6.61. The topological polar surface area (TPSA) is 84.0 Å². The van der Waals surface area contributed by atoms with Gasteiger partial charge in [0.25, 0.3) is 5.91 Å². The number of benzene rings is 1. The molecule has 1 fully saturated rings. The molecule has 138 valence electrons. The maximum Gasteiger partial charge on any atom is 0.316 e. The van der Waals surface area contributed by atoms with Crippen molar-refractivity contribution >= 4 is 5.91 Å². The summed E-state index contributed by atoms with van der Waals surface area (Å²) in [4.78, 5) is 22.8. The Hall–Kier alpha value is -3.22. The van der Waals surface area contributed by atoms with E-state index < -0.39 is 0 Å². The van der Waals surface area contributed by atoms with E-state index in [0.29, 0.717) is 12.1 Å². The molecule has 0 spiro atoms. The summed E-state index contributed by atoms with van der Waals surface area (Å²) in [5, 5.41) is 7.42. The average Bonchev–Trinajstić information content (AvgIpc) is 3.24. The van der Waals surface area contributed by atoms with E-state index in [0.717, 1.165) is 36.2 Å². The van der Waals surface area contributed by atoms with Crippen LogP contribution in [-0.4, -0.2) is 51.2 Å². The van der Waals surface area contributed by atoms with Crippen LogP contribution in [0.5, 0.6) is 6.01 Å². The first-order chi connectivity index (χ1) is 13.3. The highest BCUT2D eigenvalue weighted by atomic mass is 16.5. The zero-order chi connectivity index (χ0) is 18.6. The third-order valence-corrected chi connectivity index (χ3v) is 4.93. The Bertz CT molecular complexity index is 908. The van der Waals surface area contributed by atoms with Crippen LogP contribution in [0, 0.1) is 0 Å². The monoisotopic (exact) mass is 363 g/mol. The van der Waals surface area contributed by atoms with Gasteiger partial charge in [-0.15, -0.1) is 0 Å². The van der Waals surface area contributed by atoms with E-state index in [9.17, 15) is 4.79 Å². The molecule has 27 heavy (non-hydrogen) atoms. The third kappa shape index (κ3) is 3.53. The lowest BCUT2D eigenvalue weighted by molar-refractivity contribution is 0.0705. The van der Waals surface area contributed by atoms with Crippen molar-refractivity contribution in [2.24, 2.45) is 0 Å². The molecule has 0 bridgehead atoms. The molecule has 7 heteroatoms. The molecular formula is C20H21N5O2. The highest BCUT2D eigenvalue weighted by molar-refractivity contribution is 5.93. The van der Waals surface area contributed by atoms with Crippen LogP contribution in [-0.2, 0) is 0 Å². The van der Waals surface area contributed by atoms with Crippen molar-refractivity contribution in [1.29, 1.82) is 0 Å². The number of nitrogens with zero attached hydrogens (tertiary/aromatic N) is 4. The molecule has 1 aliphatic heterocycles. The van der Waals surface area contributed by atoms with Crippen molar-refractivity contribution in [1.82, 2.24) is 25.1 Å². The quantitative estimate of drug-likeness (QED) is 0.770. The van der Waals surface area contributed by atoms with Gasteiger partial charge in [-0.3, -0.25) is 9.89 Å². The van der Waals surface area contributed by atoms with Crippen molar-refractivity contribution in [2.75, 3.05) is 20.2 Å². The molecule has 1 saturated heterocycles. The maximum atomic E-state index is 12.8. The van der Waals surface area contributed by atoms with Crippen molar-refractivity contribution in [3.8, 4) is 17.1 Å². The minimum absolute atomic E-state index is 0.0527. The van der Waals surface area contributed by atoms with E-state index >= 15 is 0 Å². The Morgan fingerprint density at radius 3 is 2.70 bits per heavy atom. The van der Waals surface area contributed by atoms with Crippen LogP contribution in [0.2, 0.25) is 0 Å². The van der Waals surface area contributed by atoms with Gasteiger partial charge in [-0.25, -0.2) is 9.97 Å². The van der Waals surface area contributed by atoms with Gasteiger partial charge in [0.05, 0.1) is 18.9 Å². The fourth-order valence-corrected chi connectivity index (χ4v) is 3.57. The van der Waals surface area contributed by atoms with Gasteiger partial charge in [-0.05, 0) is 18.4 Å². The predicted octanol–water partition coefficient (Wildman–Crippen LogP) is 2.90. The maximum absolute atomic E-state index is 12.8. The molecule has 4 rings (SSSR count). The number of piperidine rings is 1. The fraction of sp³-hybridized carbons (Fsp3) is 0.300. The number of aromatic amines is 1. The van der Waals surface area contributed by atoms with Crippen molar-refractivity contribution in [2.45, 2.75) is 18.8 Å². The highest BCUT2D eigenvalue weighted by Crippen LogP contribution is 2.33. The first-order valence-corrected chi connectivity index (χ1v) is 9.00. The van der Waals surface area contributed by atoms with E-state index in [1.54, 1.807) is 0 Å². The molecule has 2 aromatic heterocycles. The summed E-state index contributed by atoms with van der Waals surface area (Å²) in [5.74, 6) is 0.169. The number of ether oxygens (including phenoxy) is 1. The van der Waals surface area contributed by atoms with Gasteiger partial charge in [0.15, 0.2) is 0 Å². The summed E-state index contributed by atoms with van der Waals surface area (Å²) < 4.78 is 4.96. The molecule has 0 aliphatic carbocycles. The van der Waals surface area contributed by atoms with Gasteiger partial charge in [-0.1, -0.05) is 30.3 Å². The van der Waals surface area contributed by atoms with Gasteiger partial charge in [0.2, 0.25) is 0 Å². The second-order valence-corrected chi connectivity index (χ2v) is 6.61. The van der Waals surface area contributed by atoms with Crippen LogP contribution in [0.15, 0.2) is 48.9 Å². The summed E-state index contributed by atoms with van der Waals surface area (Å²) in [6.07, 6.45) is 6.86. The number of carbonyl (C=O) groups is 1. The number of carbonyl (C=O) groups excluding carboxylic acids is 1. The summed E-state index contributed by atoms with van der Waals surface area (Å²) in [5.41, 5.74) is 3.80. The molecule has 3 aromatic rings. The van der Waals surface area contributed by atoms with E-state index in [2.05, 4.69) is 32.3 Å². The number of hydrogen-bond acceptors (Lipinski definition) is 5. The van der Waals surface area contributed by atoms with Gasteiger partial charge in [-0.2, -0.15) is 5.10 Å². The molecule has 7 nitrogen and oxygen atoms in total. The smallest absolute Gasteiger partial charge is 0.316 e. The van der Waals surface area contributed by atoms with E-state index in [4.69, 9.17) is 4.74 Å². The summed E-state index contributed by atoms with van der Waals surface area (Å²) in [7, 11) is 1.50. The molecular weight excluding hydrogens is 342 g/mol. The minimum Gasteiger partial charge on any atom is -0.467 e. The zero-order valence-electron chi connectivity index (χ0n) is 15.1. The minimum atomic E-state index is -0.0527. The van der Waals surface area contributed by atoms with Crippen molar-refractivity contribution in [3.63, 3.8) is 0 Å². The number of H-pyrrole nitrogens is 1. The van der Waals surface area contributed by atoms with E-state index in [-0.39, 0.29) is 17.8 Å². The van der Waals surface area contributed by atoms with Crippen molar-refractivity contribution < 1.29 is 9.53 Å². The summed E-state index contributed by atoms with van der Waals surface area (Å²) >= 11 is 0. The Morgan fingerprint density at radius 2 is 1.96 bits per heavy atom. The van der Waals surface area contributed by atoms with Crippen LogP contribution in [0.3, 0.4) is 0 Å². The van der Waals surface area contributed by atoms with Crippen LogP contribution >= 0.6 is 0 Å². The Morgan fingerprint density at radius 1 is 1.19 bits per heavy atom. The van der Waals surface area contributed by atoms with Gasteiger partial charge < -0.3 is 9.64 Å². The third-order valence-electron chi connectivity index (χ3n) is 4.93. The molecule has 1 atom stereocenters. The number of likely N-dealkylation sites (tertiary alicyclic amines) is 1. The van der Waals surface area contributed by atoms with Crippen LogP contribution in [0.25, 0.3) is 11.1 Å². The second kappa shape index (κ2) is 7.57. The molecule has 3 heterocycles. The molecule has 1 amide bonds. The number of rotatable bonds is 4. The number of aromatic nitrogens is 4. The lowest BCUT2D eigenvalue weighted by Gasteiger charge is -2.32. The molecule has 0 radical (unpaired) electrons. The van der Waals surface area contributed by atoms with Crippen LogP contribution in [0.4, 0.5) is 0 Å². The SMILES string of the molecule is COc1ncc(C(=O)N2CCC[C@@H](c3[nH]ncc3-c3ccccc3)C2)cn1. The first kappa shape index (κ1) is 17.2. The first-order valence-electron chi connectivity index (χ1n) is 9.00. The number of nitrogens with one attached hydrogen (secondary N) is 1. The average molecular weight is 363 g/mol. The number of methoxy groups -OCH3 is 1. The normalized spacial score (nSPS) is 16.9. The summed E-state index contributed by atoms with van der Waals surface area (Å²) in [6, 6.07) is 10.5. The molecule has 0 saturated carbocycles. The number of hydrogen-bond donors (Lipinski definition) is 1. The van der Waals surface area contributed by atoms with E-state index in [1.165, 1.54) is 19.5 Å². The largest absolute Gasteiger partial charge is 0.467 e. The Labute approximate surface area is 157 Å². The lowest BCUT2D eigenvalue weighted by Crippen LogP contribution is -2.39. The van der Waals surface area contributed by atoms with Crippen molar-refractivity contribution in [3.05, 3.63) is 60.2 Å². The van der Waals surface area contributed by atoms with E-state index in [1.807, 2.05) is 29.3 Å². The van der Waals surface area contributed by atoms with Gasteiger partial charge in [0, 0.05) is 42.7 Å². The highest BCUT2D eigenvalue weighted by Gasteiger charge is 2.28. The van der Waals surface area contributed by atoms with Gasteiger partial charge >= 0.3 is 6.01 Å². The molecule has 1 N–H and O–H groups in total.